The Morgan fingerprint density at radius 1 is 1.24 bits per heavy atom. The quantitative estimate of drug-likeness (QED) is 0.830. The normalized spacial score (nSPS) is 10.4. The van der Waals surface area contributed by atoms with Crippen molar-refractivity contribution < 1.29 is 0 Å². The standard InChI is InChI=1S/C17H21N3S/c1-4-13-7-5-6-8-14(13)10-19-17-15(16(18)21)11(2)9-12(3)20-17/h5-9H,4,10H2,1-3H3,(H2,18,21)(H,19,20). The van der Waals surface area contributed by atoms with Crippen molar-refractivity contribution >= 4 is 23.0 Å². The van der Waals surface area contributed by atoms with Gasteiger partial charge in [0.15, 0.2) is 0 Å². The second kappa shape index (κ2) is 6.68. The van der Waals surface area contributed by atoms with E-state index in [2.05, 4.69) is 41.5 Å². The number of rotatable bonds is 5. The summed E-state index contributed by atoms with van der Waals surface area (Å²) in [4.78, 5) is 4.93. The third-order valence-electron chi connectivity index (χ3n) is 3.54. The van der Waals surface area contributed by atoms with Crippen LogP contribution in [0.15, 0.2) is 30.3 Å². The third kappa shape index (κ3) is 3.58. The highest BCUT2D eigenvalue weighted by Crippen LogP contribution is 2.20. The zero-order valence-electron chi connectivity index (χ0n) is 12.7. The molecule has 0 aliphatic carbocycles. The van der Waals surface area contributed by atoms with Crippen LogP contribution in [0.3, 0.4) is 0 Å². The molecule has 1 aromatic heterocycles. The van der Waals surface area contributed by atoms with Crippen molar-refractivity contribution in [3.8, 4) is 0 Å². The number of nitrogens with zero attached hydrogens (tertiary/aromatic N) is 1. The molecule has 0 fully saturated rings. The predicted molar refractivity (Wildman–Crippen MR) is 92.7 cm³/mol. The number of benzene rings is 1. The van der Waals surface area contributed by atoms with E-state index in [1.54, 1.807) is 0 Å². The lowest BCUT2D eigenvalue weighted by Gasteiger charge is -2.15. The molecule has 4 heteroatoms. The van der Waals surface area contributed by atoms with Crippen molar-refractivity contribution in [1.82, 2.24) is 4.98 Å². The van der Waals surface area contributed by atoms with E-state index < -0.39 is 0 Å². The van der Waals surface area contributed by atoms with E-state index in [0.29, 0.717) is 4.99 Å². The van der Waals surface area contributed by atoms with Gasteiger partial charge < -0.3 is 11.1 Å². The van der Waals surface area contributed by atoms with Gasteiger partial charge in [-0.25, -0.2) is 4.98 Å². The molecule has 0 saturated heterocycles. The summed E-state index contributed by atoms with van der Waals surface area (Å²) in [5.74, 6) is 0.769. The monoisotopic (exact) mass is 299 g/mol. The molecule has 2 aromatic rings. The number of pyridine rings is 1. The lowest BCUT2D eigenvalue weighted by atomic mass is 10.0. The summed E-state index contributed by atoms with van der Waals surface area (Å²) in [5, 5.41) is 3.39. The smallest absolute Gasteiger partial charge is 0.137 e. The lowest BCUT2D eigenvalue weighted by molar-refractivity contribution is 1.02. The van der Waals surface area contributed by atoms with E-state index in [1.165, 1.54) is 11.1 Å². The van der Waals surface area contributed by atoms with Gasteiger partial charge in [0, 0.05) is 12.2 Å². The average molecular weight is 299 g/mol. The van der Waals surface area contributed by atoms with Crippen molar-refractivity contribution in [2.24, 2.45) is 5.73 Å². The molecule has 0 atom stereocenters. The highest BCUT2D eigenvalue weighted by Gasteiger charge is 2.11. The second-order valence-electron chi connectivity index (χ2n) is 5.14. The Labute approximate surface area is 131 Å². The molecule has 0 aliphatic rings. The molecule has 0 amide bonds. The van der Waals surface area contributed by atoms with Gasteiger partial charge in [-0.2, -0.15) is 0 Å². The van der Waals surface area contributed by atoms with Crippen molar-refractivity contribution in [2.45, 2.75) is 33.7 Å². The van der Waals surface area contributed by atoms with E-state index in [0.717, 1.165) is 35.6 Å². The minimum Gasteiger partial charge on any atom is -0.389 e. The summed E-state index contributed by atoms with van der Waals surface area (Å²) in [6.07, 6.45) is 1.01. The van der Waals surface area contributed by atoms with Gasteiger partial charge in [-0.05, 0) is 43.0 Å². The highest BCUT2D eigenvalue weighted by atomic mass is 32.1. The topological polar surface area (TPSA) is 50.9 Å². The van der Waals surface area contributed by atoms with E-state index >= 15 is 0 Å². The first-order chi connectivity index (χ1) is 10.0. The van der Waals surface area contributed by atoms with Crippen LogP contribution < -0.4 is 11.1 Å². The highest BCUT2D eigenvalue weighted by molar-refractivity contribution is 7.80. The Bertz CT molecular complexity index is 665. The van der Waals surface area contributed by atoms with Crippen LogP contribution in [0.25, 0.3) is 0 Å². The Morgan fingerprint density at radius 3 is 2.52 bits per heavy atom. The summed E-state index contributed by atoms with van der Waals surface area (Å²) in [6, 6.07) is 10.4. The largest absolute Gasteiger partial charge is 0.389 e. The van der Waals surface area contributed by atoms with Crippen molar-refractivity contribution in [3.05, 3.63) is 58.3 Å². The van der Waals surface area contributed by atoms with Gasteiger partial charge in [0.05, 0.1) is 5.56 Å². The number of nitrogens with one attached hydrogen (secondary N) is 1. The minimum absolute atomic E-state index is 0.381. The van der Waals surface area contributed by atoms with Crippen molar-refractivity contribution in [2.75, 3.05) is 5.32 Å². The SMILES string of the molecule is CCc1ccccc1CNc1nc(C)cc(C)c1C(N)=S. The number of hydrogen-bond donors (Lipinski definition) is 2. The van der Waals surface area contributed by atoms with Crippen molar-refractivity contribution in [1.29, 1.82) is 0 Å². The molecule has 2 rings (SSSR count). The van der Waals surface area contributed by atoms with E-state index in [9.17, 15) is 0 Å². The molecular formula is C17H21N3S. The second-order valence-corrected chi connectivity index (χ2v) is 5.58. The molecule has 0 unspecified atom stereocenters. The van der Waals surface area contributed by atoms with Gasteiger partial charge in [0.25, 0.3) is 0 Å². The first-order valence-electron chi connectivity index (χ1n) is 7.11. The zero-order chi connectivity index (χ0) is 15.4. The van der Waals surface area contributed by atoms with Crippen LogP contribution in [0, 0.1) is 13.8 Å². The summed E-state index contributed by atoms with van der Waals surface area (Å²) < 4.78 is 0. The van der Waals surface area contributed by atoms with Crippen LogP contribution in [0.5, 0.6) is 0 Å². The Kier molecular flexibility index (Phi) is 4.91. The van der Waals surface area contributed by atoms with Crippen LogP contribution in [-0.2, 0) is 13.0 Å². The molecule has 0 radical (unpaired) electrons. The fraction of sp³-hybridized carbons (Fsp3) is 0.294. The fourth-order valence-electron chi connectivity index (χ4n) is 2.53. The average Bonchev–Trinajstić information content (AvgIpc) is 2.44. The Hall–Kier alpha value is -1.94. The summed E-state index contributed by atoms with van der Waals surface area (Å²) >= 11 is 5.16. The molecule has 1 aromatic carbocycles. The van der Waals surface area contributed by atoms with Gasteiger partial charge >= 0.3 is 0 Å². The molecule has 3 N–H and O–H groups in total. The van der Waals surface area contributed by atoms with Crippen LogP contribution in [0.2, 0.25) is 0 Å². The number of hydrogen-bond acceptors (Lipinski definition) is 3. The number of aryl methyl sites for hydroxylation is 3. The summed E-state index contributed by atoms with van der Waals surface area (Å²) in [6.45, 7) is 6.86. The van der Waals surface area contributed by atoms with Crippen LogP contribution in [0.1, 0.15) is 34.9 Å². The van der Waals surface area contributed by atoms with Crippen molar-refractivity contribution in [3.63, 3.8) is 0 Å². The van der Waals surface area contributed by atoms with Gasteiger partial charge in [-0.3, -0.25) is 0 Å². The predicted octanol–water partition coefficient (Wildman–Crippen LogP) is 3.51. The maximum absolute atomic E-state index is 5.84. The molecule has 0 bridgehead atoms. The van der Waals surface area contributed by atoms with Crippen LogP contribution >= 0.6 is 12.2 Å². The van der Waals surface area contributed by atoms with Gasteiger partial charge in [-0.1, -0.05) is 43.4 Å². The minimum atomic E-state index is 0.381. The van der Waals surface area contributed by atoms with E-state index in [-0.39, 0.29) is 0 Å². The maximum atomic E-state index is 5.84. The third-order valence-corrected chi connectivity index (χ3v) is 3.74. The first-order valence-corrected chi connectivity index (χ1v) is 7.52. The molecule has 3 nitrogen and oxygen atoms in total. The first kappa shape index (κ1) is 15.4. The molecule has 0 aliphatic heterocycles. The molecular weight excluding hydrogens is 278 g/mol. The number of anilines is 1. The van der Waals surface area contributed by atoms with Gasteiger partial charge in [0.2, 0.25) is 0 Å². The maximum Gasteiger partial charge on any atom is 0.137 e. The Morgan fingerprint density at radius 2 is 1.90 bits per heavy atom. The molecule has 21 heavy (non-hydrogen) atoms. The number of aromatic nitrogens is 1. The van der Waals surface area contributed by atoms with E-state index in [4.69, 9.17) is 18.0 Å². The molecule has 1 heterocycles. The zero-order valence-corrected chi connectivity index (χ0v) is 13.6. The summed E-state index contributed by atoms with van der Waals surface area (Å²) in [5.41, 5.74) is 11.3. The summed E-state index contributed by atoms with van der Waals surface area (Å²) in [7, 11) is 0. The lowest BCUT2D eigenvalue weighted by Crippen LogP contribution is -2.17. The number of thiocarbonyl (C=S) groups is 1. The fourth-order valence-corrected chi connectivity index (χ4v) is 2.79. The van der Waals surface area contributed by atoms with Gasteiger partial charge in [0.1, 0.15) is 10.8 Å². The molecule has 0 saturated carbocycles. The Balaban J connectivity index is 2.30. The van der Waals surface area contributed by atoms with Crippen LogP contribution in [-0.4, -0.2) is 9.97 Å². The number of nitrogens with two attached hydrogens (primary N) is 1. The van der Waals surface area contributed by atoms with Crippen LogP contribution in [0.4, 0.5) is 5.82 Å². The van der Waals surface area contributed by atoms with Gasteiger partial charge in [-0.15, -0.1) is 0 Å². The van der Waals surface area contributed by atoms with E-state index in [1.807, 2.05) is 19.9 Å². The molecule has 0 spiro atoms. The molecule has 110 valence electrons.